The molecule has 0 bridgehead atoms. The van der Waals surface area contributed by atoms with Gasteiger partial charge in [0, 0.05) is 12.6 Å². The lowest BCUT2D eigenvalue weighted by Crippen LogP contribution is -2.07. The number of amides is 1. The van der Waals surface area contributed by atoms with Crippen LogP contribution in [0, 0.1) is 13.8 Å². The molecule has 1 amide bonds. The van der Waals surface area contributed by atoms with E-state index in [9.17, 15) is 4.79 Å². The smallest absolute Gasteiger partial charge is 0.233 e. The number of benzene rings is 2. The van der Waals surface area contributed by atoms with Crippen LogP contribution in [0.15, 0.2) is 40.8 Å². The molecule has 0 saturated carbocycles. The lowest BCUT2D eigenvalue weighted by molar-refractivity contribution is -0.114. The summed E-state index contributed by atoms with van der Waals surface area (Å²) in [6, 6.07) is 11.4. The molecule has 0 atom stereocenters. The predicted molar refractivity (Wildman–Crippen MR) is 88.6 cm³/mol. The van der Waals surface area contributed by atoms with E-state index in [1.807, 2.05) is 50.2 Å². The first-order chi connectivity index (χ1) is 11.0. The fourth-order valence-corrected chi connectivity index (χ4v) is 2.40. The molecule has 118 valence electrons. The van der Waals surface area contributed by atoms with Crippen molar-refractivity contribution in [2.24, 2.45) is 0 Å². The minimum absolute atomic E-state index is 0.0939. The Labute approximate surface area is 134 Å². The highest BCUT2D eigenvalue weighted by atomic mass is 16.5. The normalized spacial score (nSPS) is 10.7. The van der Waals surface area contributed by atoms with E-state index in [-0.39, 0.29) is 12.5 Å². The van der Waals surface area contributed by atoms with E-state index in [2.05, 4.69) is 10.3 Å². The van der Waals surface area contributed by atoms with Gasteiger partial charge in [-0.2, -0.15) is 0 Å². The van der Waals surface area contributed by atoms with Gasteiger partial charge in [-0.1, -0.05) is 12.1 Å². The number of carbonyl (C=O) groups is 1. The number of aromatic nitrogens is 1. The van der Waals surface area contributed by atoms with E-state index in [0.29, 0.717) is 11.6 Å². The van der Waals surface area contributed by atoms with Gasteiger partial charge in [0.1, 0.15) is 11.3 Å². The molecule has 0 spiro atoms. The SMILES string of the molecule is CC(=O)Nc1ccc(OCc2nc3cccc(C)c3o2)cc1C. The summed E-state index contributed by atoms with van der Waals surface area (Å²) >= 11 is 0. The van der Waals surface area contributed by atoms with Gasteiger partial charge in [0.15, 0.2) is 12.2 Å². The molecule has 0 fully saturated rings. The van der Waals surface area contributed by atoms with Gasteiger partial charge in [0.05, 0.1) is 0 Å². The minimum atomic E-state index is -0.0939. The van der Waals surface area contributed by atoms with Crippen molar-refractivity contribution in [3.63, 3.8) is 0 Å². The number of rotatable bonds is 4. The lowest BCUT2D eigenvalue weighted by atomic mass is 10.2. The summed E-state index contributed by atoms with van der Waals surface area (Å²) in [7, 11) is 0. The Kier molecular flexibility index (Phi) is 4.02. The van der Waals surface area contributed by atoms with Crippen LogP contribution in [0.3, 0.4) is 0 Å². The van der Waals surface area contributed by atoms with Crippen molar-refractivity contribution in [3.8, 4) is 5.75 Å². The first-order valence-electron chi connectivity index (χ1n) is 7.39. The molecular weight excluding hydrogens is 292 g/mol. The number of fused-ring (bicyclic) bond motifs is 1. The average Bonchev–Trinajstić information content (AvgIpc) is 2.92. The van der Waals surface area contributed by atoms with Crippen molar-refractivity contribution in [2.45, 2.75) is 27.4 Å². The highest BCUT2D eigenvalue weighted by Crippen LogP contribution is 2.23. The standard InChI is InChI=1S/C18H18N2O3/c1-11-5-4-6-16-18(11)23-17(20-16)10-22-14-7-8-15(12(2)9-14)19-13(3)21/h4-9H,10H2,1-3H3,(H,19,21). The number of oxazole rings is 1. The van der Waals surface area contributed by atoms with Gasteiger partial charge >= 0.3 is 0 Å². The summed E-state index contributed by atoms with van der Waals surface area (Å²) in [6.45, 7) is 5.65. The Morgan fingerprint density at radius 1 is 1.22 bits per heavy atom. The van der Waals surface area contributed by atoms with E-state index in [4.69, 9.17) is 9.15 Å². The zero-order chi connectivity index (χ0) is 16.4. The fourth-order valence-electron chi connectivity index (χ4n) is 2.40. The second-order valence-corrected chi connectivity index (χ2v) is 5.48. The Morgan fingerprint density at radius 3 is 2.74 bits per heavy atom. The third kappa shape index (κ3) is 3.34. The van der Waals surface area contributed by atoms with Crippen LogP contribution in [0.1, 0.15) is 23.9 Å². The van der Waals surface area contributed by atoms with Crippen LogP contribution in [0.4, 0.5) is 5.69 Å². The number of anilines is 1. The number of nitrogens with one attached hydrogen (secondary N) is 1. The average molecular weight is 310 g/mol. The molecule has 0 radical (unpaired) electrons. The van der Waals surface area contributed by atoms with Crippen molar-refractivity contribution >= 4 is 22.7 Å². The van der Waals surface area contributed by atoms with Crippen molar-refractivity contribution in [3.05, 3.63) is 53.4 Å². The predicted octanol–water partition coefficient (Wildman–Crippen LogP) is 3.98. The van der Waals surface area contributed by atoms with Crippen LogP contribution in [0.2, 0.25) is 0 Å². The molecule has 1 N–H and O–H groups in total. The minimum Gasteiger partial charge on any atom is -0.484 e. The summed E-state index contributed by atoms with van der Waals surface area (Å²) < 4.78 is 11.5. The number of ether oxygens (including phenoxy) is 1. The van der Waals surface area contributed by atoms with Crippen LogP contribution in [0.25, 0.3) is 11.1 Å². The highest BCUT2D eigenvalue weighted by molar-refractivity contribution is 5.89. The molecule has 5 heteroatoms. The van der Waals surface area contributed by atoms with Crippen LogP contribution in [0.5, 0.6) is 5.75 Å². The molecule has 3 rings (SSSR count). The maximum absolute atomic E-state index is 11.1. The van der Waals surface area contributed by atoms with E-state index >= 15 is 0 Å². The number of para-hydroxylation sites is 1. The van der Waals surface area contributed by atoms with Gasteiger partial charge < -0.3 is 14.5 Å². The Bertz CT molecular complexity index is 868. The molecule has 0 aliphatic heterocycles. The van der Waals surface area contributed by atoms with Gasteiger partial charge in [-0.3, -0.25) is 4.79 Å². The van der Waals surface area contributed by atoms with Gasteiger partial charge in [0.25, 0.3) is 0 Å². The molecule has 1 aromatic heterocycles. The molecule has 3 aromatic rings. The molecule has 0 aliphatic carbocycles. The zero-order valence-electron chi connectivity index (χ0n) is 13.3. The molecule has 0 unspecified atom stereocenters. The topological polar surface area (TPSA) is 64.4 Å². The molecular formula is C18H18N2O3. The third-order valence-corrected chi connectivity index (χ3v) is 3.53. The molecule has 23 heavy (non-hydrogen) atoms. The second kappa shape index (κ2) is 6.12. The fraction of sp³-hybridized carbons (Fsp3) is 0.222. The first kappa shape index (κ1) is 15.1. The van der Waals surface area contributed by atoms with Crippen molar-refractivity contribution in [2.75, 3.05) is 5.32 Å². The molecule has 1 heterocycles. The maximum atomic E-state index is 11.1. The quantitative estimate of drug-likeness (QED) is 0.791. The number of hydrogen-bond donors (Lipinski definition) is 1. The number of carbonyl (C=O) groups excluding carboxylic acids is 1. The van der Waals surface area contributed by atoms with Gasteiger partial charge in [-0.25, -0.2) is 4.98 Å². The van der Waals surface area contributed by atoms with E-state index in [1.54, 1.807) is 0 Å². The van der Waals surface area contributed by atoms with E-state index < -0.39 is 0 Å². The monoisotopic (exact) mass is 310 g/mol. The Hall–Kier alpha value is -2.82. The molecule has 0 saturated heterocycles. The molecule has 5 nitrogen and oxygen atoms in total. The van der Waals surface area contributed by atoms with Crippen LogP contribution < -0.4 is 10.1 Å². The summed E-state index contributed by atoms with van der Waals surface area (Å²) in [6.07, 6.45) is 0. The first-order valence-corrected chi connectivity index (χ1v) is 7.39. The van der Waals surface area contributed by atoms with Gasteiger partial charge in [-0.15, -0.1) is 0 Å². The van der Waals surface area contributed by atoms with Crippen molar-refractivity contribution in [1.29, 1.82) is 0 Å². The van der Waals surface area contributed by atoms with Crippen LogP contribution in [-0.2, 0) is 11.4 Å². The van der Waals surface area contributed by atoms with Gasteiger partial charge in [0.2, 0.25) is 11.8 Å². The molecule has 2 aromatic carbocycles. The Morgan fingerprint density at radius 2 is 2.04 bits per heavy atom. The highest BCUT2D eigenvalue weighted by Gasteiger charge is 2.09. The number of aryl methyl sites for hydroxylation is 2. The summed E-state index contributed by atoms with van der Waals surface area (Å²) in [5.74, 6) is 1.15. The maximum Gasteiger partial charge on any atom is 0.233 e. The van der Waals surface area contributed by atoms with E-state index in [0.717, 1.165) is 27.9 Å². The number of hydrogen-bond acceptors (Lipinski definition) is 4. The summed E-state index contributed by atoms with van der Waals surface area (Å²) in [5.41, 5.74) is 4.40. The van der Waals surface area contributed by atoms with Crippen LogP contribution in [-0.4, -0.2) is 10.9 Å². The van der Waals surface area contributed by atoms with Crippen LogP contribution >= 0.6 is 0 Å². The summed E-state index contributed by atoms with van der Waals surface area (Å²) in [5, 5.41) is 2.77. The third-order valence-electron chi connectivity index (χ3n) is 3.53. The number of nitrogens with zero attached hydrogens (tertiary/aromatic N) is 1. The summed E-state index contributed by atoms with van der Waals surface area (Å²) in [4.78, 5) is 15.5. The van der Waals surface area contributed by atoms with E-state index in [1.165, 1.54) is 6.92 Å². The lowest BCUT2D eigenvalue weighted by Gasteiger charge is -2.09. The Balaban J connectivity index is 1.73. The largest absolute Gasteiger partial charge is 0.484 e. The van der Waals surface area contributed by atoms with Gasteiger partial charge in [-0.05, 0) is 49.2 Å². The second-order valence-electron chi connectivity index (χ2n) is 5.48. The van der Waals surface area contributed by atoms with Crippen molar-refractivity contribution < 1.29 is 13.9 Å². The van der Waals surface area contributed by atoms with Crippen molar-refractivity contribution in [1.82, 2.24) is 4.98 Å². The molecule has 0 aliphatic rings. The zero-order valence-corrected chi connectivity index (χ0v) is 13.3.